The highest BCUT2D eigenvalue weighted by molar-refractivity contribution is 6.31. The van der Waals surface area contributed by atoms with Gasteiger partial charge in [-0.05, 0) is 43.9 Å². The SMILES string of the molecule is CC(NC(=O)c1ccc(Cl)cc1N)C1CC1. The predicted molar refractivity (Wildman–Crippen MR) is 65.5 cm³/mol. The number of halogens is 1. The molecule has 0 heterocycles. The molecule has 0 radical (unpaired) electrons. The first-order valence-corrected chi connectivity index (χ1v) is 5.81. The molecule has 0 aromatic heterocycles. The molecule has 0 spiro atoms. The first-order chi connectivity index (χ1) is 7.58. The molecule has 0 saturated heterocycles. The smallest absolute Gasteiger partial charge is 0.253 e. The molecule has 0 bridgehead atoms. The minimum atomic E-state index is -0.117. The van der Waals surface area contributed by atoms with E-state index < -0.39 is 0 Å². The van der Waals surface area contributed by atoms with Crippen molar-refractivity contribution in [2.24, 2.45) is 5.92 Å². The van der Waals surface area contributed by atoms with Crippen molar-refractivity contribution in [3.63, 3.8) is 0 Å². The average Bonchev–Trinajstić information content (AvgIpc) is 2.99. The van der Waals surface area contributed by atoms with Crippen molar-refractivity contribution in [2.45, 2.75) is 25.8 Å². The Morgan fingerprint density at radius 2 is 2.25 bits per heavy atom. The second-order valence-electron chi connectivity index (χ2n) is 4.33. The van der Waals surface area contributed by atoms with Gasteiger partial charge in [0, 0.05) is 16.8 Å². The predicted octanol–water partition coefficient (Wildman–Crippen LogP) is 2.45. The van der Waals surface area contributed by atoms with Crippen LogP contribution in [0.5, 0.6) is 0 Å². The number of hydrogen-bond donors (Lipinski definition) is 2. The number of amides is 1. The molecule has 1 atom stereocenters. The Morgan fingerprint density at radius 3 is 2.81 bits per heavy atom. The number of benzene rings is 1. The fourth-order valence-electron chi connectivity index (χ4n) is 1.74. The normalized spacial score (nSPS) is 16.9. The van der Waals surface area contributed by atoms with Gasteiger partial charge in [-0.2, -0.15) is 0 Å². The van der Waals surface area contributed by atoms with Gasteiger partial charge in [-0.15, -0.1) is 0 Å². The second-order valence-corrected chi connectivity index (χ2v) is 4.77. The van der Waals surface area contributed by atoms with Crippen molar-refractivity contribution in [1.82, 2.24) is 5.32 Å². The third kappa shape index (κ3) is 2.47. The zero-order valence-electron chi connectivity index (χ0n) is 9.16. The average molecular weight is 239 g/mol. The highest BCUT2D eigenvalue weighted by Gasteiger charge is 2.29. The van der Waals surface area contributed by atoms with E-state index in [0.29, 0.717) is 22.2 Å². The summed E-state index contributed by atoms with van der Waals surface area (Å²) in [6, 6.07) is 5.15. The lowest BCUT2D eigenvalue weighted by Crippen LogP contribution is -2.34. The summed E-state index contributed by atoms with van der Waals surface area (Å²) in [5, 5.41) is 3.50. The van der Waals surface area contributed by atoms with Crippen LogP contribution in [0.3, 0.4) is 0 Å². The fourth-order valence-corrected chi connectivity index (χ4v) is 1.92. The molecule has 1 unspecified atom stereocenters. The number of carbonyl (C=O) groups is 1. The number of rotatable bonds is 3. The summed E-state index contributed by atoms with van der Waals surface area (Å²) >= 11 is 5.78. The van der Waals surface area contributed by atoms with Crippen LogP contribution in [0.15, 0.2) is 18.2 Å². The molecule has 4 heteroatoms. The molecular weight excluding hydrogens is 224 g/mol. The van der Waals surface area contributed by atoms with Gasteiger partial charge < -0.3 is 11.1 Å². The standard InChI is InChI=1S/C12H15ClN2O/c1-7(8-2-3-8)15-12(16)10-5-4-9(13)6-11(10)14/h4-8H,2-3,14H2,1H3,(H,15,16). The molecule has 1 saturated carbocycles. The molecule has 1 amide bonds. The molecule has 3 nitrogen and oxygen atoms in total. The molecule has 3 N–H and O–H groups in total. The van der Waals surface area contributed by atoms with Gasteiger partial charge in [0.05, 0.1) is 5.56 Å². The Labute approximate surface area is 100.0 Å². The Hall–Kier alpha value is -1.22. The van der Waals surface area contributed by atoms with E-state index in [1.54, 1.807) is 18.2 Å². The number of anilines is 1. The van der Waals surface area contributed by atoms with E-state index in [9.17, 15) is 4.79 Å². The Morgan fingerprint density at radius 1 is 1.56 bits per heavy atom. The molecule has 1 aliphatic carbocycles. The number of nitrogens with one attached hydrogen (secondary N) is 1. The van der Waals surface area contributed by atoms with E-state index in [0.717, 1.165) is 0 Å². The Bertz CT molecular complexity index is 415. The first-order valence-electron chi connectivity index (χ1n) is 5.44. The van der Waals surface area contributed by atoms with Crippen LogP contribution >= 0.6 is 11.6 Å². The monoisotopic (exact) mass is 238 g/mol. The van der Waals surface area contributed by atoms with Gasteiger partial charge in [0.15, 0.2) is 0 Å². The van der Waals surface area contributed by atoms with Gasteiger partial charge in [-0.3, -0.25) is 4.79 Å². The van der Waals surface area contributed by atoms with Crippen molar-refractivity contribution in [2.75, 3.05) is 5.73 Å². The minimum Gasteiger partial charge on any atom is -0.398 e. The van der Waals surface area contributed by atoms with E-state index in [1.165, 1.54) is 12.8 Å². The zero-order valence-corrected chi connectivity index (χ0v) is 9.92. The van der Waals surface area contributed by atoms with Crippen LogP contribution in [-0.4, -0.2) is 11.9 Å². The lowest BCUT2D eigenvalue weighted by molar-refractivity contribution is 0.0937. The molecular formula is C12H15ClN2O. The highest BCUT2D eigenvalue weighted by atomic mass is 35.5. The fraction of sp³-hybridized carbons (Fsp3) is 0.417. The highest BCUT2D eigenvalue weighted by Crippen LogP contribution is 2.32. The summed E-state index contributed by atoms with van der Waals surface area (Å²) in [6.45, 7) is 2.03. The van der Waals surface area contributed by atoms with Crippen LogP contribution in [0.25, 0.3) is 0 Å². The summed E-state index contributed by atoms with van der Waals surface area (Å²) in [4.78, 5) is 11.9. The zero-order chi connectivity index (χ0) is 11.7. The number of hydrogen-bond acceptors (Lipinski definition) is 2. The number of nitrogen functional groups attached to an aromatic ring is 1. The van der Waals surface area contributed by atoms with Gasteiger partial charge in [0.2, 0.25) is 0 Å². The number of nitrogens with two attached hydrogens (primary N) is 1. The van der Waals surface area contributed by atoms with Crippen LogP contribution in [-0.2, 0) is 0 Å². The molecule has 86 valence electrons. The Kier molecular flexibility index (Phi) is 3.06. The molecule has 1 fully saturated rings. The minimum absolute atomic E-state index is 0.117. The van der Waals surface area contributed by atoms with Crippen LogP contribution in [0.4, 0.5) is 5.69 Å². The largest absolute Gasteiger partial charge is 0.398 e. The maximum atomic E-state index is 11.9. The number of carbonyl (C=O) groups excluding carboxylic acids is 1. The van der Waals surface area contributed by atoms with Crippen LogP contribution in [0.2, 0.25) is 5.02 Å². The van der Waals surface area contributed by atoms with Gasteiger partial charge >= 0.3 is 0 Å². The lowest BCUT2D eigenvalue weighted by Gasteiger charge is -2.13. The molecule has 1 aromatic rings. The van der Waals surface area contributed by atoms with Crippen LogP contribution in [0, 0.1) is 5.92 Å². The summed E-state index contributed by atoms with van der Waals surface area (Å²) in [7, 11) is 0. The van der Waals surface area contributed by atoms with Crippen LogP contribution in [0.1, 0.15) is 30.1 Å². The van der Waals surface area contributed by atoms with E-state index in [1.807, 2.05) is 6.92 Å². The van der Waals surface area contributed by atoms with Crippen molar-refractivity contribution < 1.29 is 4.79 Å². The van der Waals surface area contributed by atoms with Gasteiger partial charge in [0.1, 0.15) is 0 Å². The van der Waals surface area contributed by atoms with E-state index >= 15 is 0 Å². The van der Waals surface area contributed by atoms with Gasteiger partial charge in [-0.1, -0.05) is 11.6 Å². The molecule has 2 rings (SSSR count). The first kappa shape index (κ1) is 11.3. The topological polar surface area (TPSA) is 55.1 Å². The van der Waals surface area contributed by atoms with Crippen molar-refractivity contribution >= 4 is 23.2 Å². The maximum absolute atomic E-state index is 11.9. The summed E-state index contributed by atoms with van der Waals surface area (Å²) in [6.07, 6.45) is 2.41. The Balaban J connectivity index is 2.07. The lowest BCUT2D eigenvalue weighted by atomic mass is 10.1. The summed E-state index contributed by atoms with van der Waals surface area (Å²) in [5.74, 6) is 0.519. The van der Waals surface area contributed by atoms with E-state index in [4.69, 9.17) is 17.3 Å². The van der Waals surface area contributed by atoms with Crippen LogP contribution < -0.4 is 11.1 Å². The molecule has 1 aromatic carbocycles. The summed E-state index contributed by atoms with van der Waals surface area (Å²) < 4.78 is 0. The third-order valence-corrected chi connectivity index (χ3v) is 3.18. The van der Waals surface area contributed by atoms with E-state index in [-0.39, 0.29) is 11.9 Å². The van der Waals surface area contributed by atoms with Crippen molar-refractivity contribution in [3.05, 3.63) is 28.8 Å². The molecule has 0 aliphatic heterocycles. The van der Waals surface area contributed by atoms with Gasteiger partial charge in [0.25, 0.3) is 5.91 Å². The van der Waals surface area contributed by atoms with Crippen molar-refractivity contribution in [1.29, 1.82) is 0 Å². The molecule has 16 heavy (non-hydrogen) atoms. The van der Waals surface area contributed by atoms with E-state index in [2.05, 4.69) is 5.32 Å². The summed E-state index contributed by atoms with van der Waals surface area (Å²) in [5.41, 5.74) is 6.67. The molecule has 1 aliphatic rings. The second kappa shape index (κ2) is 4.34. The third-order valence-electron chi connectivity index (χ3n) is 2.95. The quantitative estimate of drug-likeness (QED) is 0.795. The van der Waals surface area contributed by atoms with Gasteiger partial charge in [-0.25, -0.2) is 0 Å². The van der Waals surface area contributed by atoms with Crippen molar-refractivity contribution in [3.8, 4) is 0 Å². The maximum Gasteiger partial charge on any atom is 0.253 e.